The molecule has 0 saturated carbocycles. The van der Waals surface area contributed by atoms with E-state index < -0.39 is 41.3 Å². The van der Waals surface area contributed by atoms with Crippen LogP contribution in [0.1, 0.15) is 65.0 Å². The van der Waals surface area contributed by atoms with E-state index in [0.29, 0.717) is 12.8 Å². The Bertz CT molecular complexity index is 797. The van der Waals surface area contributed by atoms with Gasteiger partial charge in [0.25, 0.3) is 5.91 Å². The van der Waals surface area contributed by atoms with Crippen LogP contribution in [0.2, 0.25) is 0 Å². The SMILES string of the molecule is CCCC[C@H](NC(=O)OC1C(=O)OC[C@]1(C)CC)C(=O)C(=O)N[C@H](C)c1ccccc1. The van der Waals surface area contributed by atoms with Crippen molar-refractivity contribution in [2.45, 2.75) is 71.6 Å². The molecule has 1 heterocycles. The van der Waals surface area contributed by atoms with Crippen molar-refractivity contribution in [3.05, 3.63) is 35.9 Å². The summed E-state index contributed by atoms with van der Waals surface area (Å²) in [4.78, 5) is 49.7. The van der Waals surface area contributed by atoms with Crippen molar-refractivity contribution in [3.63, 3.8) is 0 Å². The van der Waals surface area contributed by atoms with Crippen LogP contribution >= 0.6 is 0 Å². The molecule has 2 amide bonds. The van der Waals surface area contributed by atoms with Gasteiger partial charge in [-0.25, -0.2) is 9.59 Å². The Balaban J connectivity index is 2.02. The summed E-state index contributed by atoms with van der Waals surface area (Å²) in [5.41, 5.74) is 0.236. The number of cyclic esters (lactones) is 1. The van der Waals surface area contributed by atoms with Gasteiger partial charge in [0, 0.05) is 5.41 Å². The molecule has 0 bridgehead atoms. The molecule has 1 unspecified atom stereocenters. The number of nitrogens with one attached hydrogen (secondary N) is 2. The Labute approximate surface area is 183 Å². The zero-order valence-electron chi connectivity index (χ0n) is 18.6. The van der Waals surface area contributed by atoms with E-state index >= 15 is 0 Å². The van der Waals surface area contributed by atoms with Gasteiger partial charge in [0.15, 0.2) is 0 Å². The predicted octanol–water partition coefficient (Wildman–Crippen LogP) is 3.06. The van der Waals surface area contributed by atoms with Crippen molar-refractivity contribution in [1.82, 2.24) is 10.6 Å². The van der Waals surface area contributed by atoms with Crippen molar-refractivity contribution >= 4 is 23.8 Å². The molecule has 2 N–H and O–H groups in total. The topological polar surface area (TPSA) is 111 Å². The summed E-state index contributed by atoms with van der Waals surface area (Å²) in [6.45, 7) is 7.56. The number of unbranched alkanes of at least 4 members (excludes halogenated alkanes) is 1. The molecule has 1 saturated heterocycles. The van der Waals surface area contributed by atoms with E-state index in [-0.39, 0.29) is 19.1 Å². The van der Waals surface area contributed by atoms with Gasteiger partial charge in [0.1, 0.15) is 12.6 Å². The van der Waals surface area contributed by atoms with E-state index in [1.54, 1.807) is 13.8 Å². The van der Waals surface area contributed by atoms with Gasteiger partial charge in [-0.15, -0.1) is 0 Å². The first-order chi connectivity index (χ1) is 14.7. The number of amides is 2. The Morgan fingerprint density at radius 2 is 1.87 bits per heavy atom. The average molecular weight is 433 g/mol. The van der Waals surface area contributed by atoms with Crippen LogP contribution in [0.3, 0.4) is 0 Å². The minimum absolute atomic E-state index is 0.165. The van der Waals surface area contributed by atoms with E-state index in [2.05, 4.69) is 10.6 Å². The first-order valence-corrected chi connectivity index (χ1v) is 10.7. The van der Waals surface area contributed by atoms with Crippen molar-refractivity contribution in [2.24, 2.45) is 5.41 Å². The van der Waals surface area contributed by atoms with E-state index in [0.717, 1.165) is 12.0 Å². The highest BCUT2D eigenvalue weighted by atomic mass is 16.6. The number of rotatable bonds is 10. The number of benzene rings is 1. The third-order valence-electron chi connectivity index (χ3n) is 5.75. The van der Waals surface area contributed by atoms with Crippen LogP contribution in [0.25, 0.3) is 0 Å². The van der Waals surface area contributed by atoms with Gasteiger partial charge in [-0.2, -0.15) is 0 Å². The molecule has 0 aromatic heterocycles. The Morgan fingerprint density at radius 1 is 1.19 bits per heavy atom. The smallest absolute Gasteiger partial charge is 0.408 e. The molecule has 8 heteroatoms. The van der Waals surface area contributed by atoms with Gasteiger partial charge >= 0.3 is 12.1 Å². The van der Waals surface area contributed by atoms with E-state index in [4.69, 9.17) is 9.47 Å². The number of ketones is 1. The standard InChI is InChI=1S/C23H32N2O6/c1-5-7-13-17(18(26)20(27)24-15(3)16-11-9-8-10-12-16)25-22(29)31-19-21(28)30-14-23(19,4)6-2/h8-12,15,17,19H,5-7,13-14H2,1-4H3,(H,24,27)(H,25,29)/t15-,17+,19?,23+/m1/s1. The molecule has 8 nitrogen and oxygen atoms in total. The molecule has 0 spiro atoms. The van der Waals surface area contributed by atoms with Crippen molar-refractivity contribution in [3.8, 4) is 0 Å². The lowest BCUT2D eigenvalue weighted by molar-refractivity contribution is -0.145. The minimum Gasteiger partial charge on any atom is -0.462 e. The Hall–Kier alpha value is -2.90. The average Bonchev–Trinajstić information content (AvgIpc) is 3.05. The van der Waals surface area contributed by atoms with Crippen LogP contribution in [0, 0.1) is 5.41 Å². The molecule has 1 fully saturated rings. The molecule has 1 aliphatic heterocycles. The van der Waals surface area contributed by atoms with Gasteiger partial charge in [-0.3, -0.25) is 9.59 Å². The zero-order valence-corrected chi connectivity index (χ0v) is 18.6. The van der Waals surface area contributed by atoms with Crippen LogP contribution in [0.5, 0.6) is 0 Å². The number of hydrogen-bond donors (Lipinski definition) is 2. The fraction of sp³-hybridized carbons (Fsp3) is 0.565. The first kappa shape index (κ1) is 24.4. The second kappa shape index (κ2) is 10.9. The number of carbonyl (C=O) groups excluding carboxylic acids is 4. The quantitative estimate of drug-likeness (QED) is 0.434. The van der Waals surface area contributed by atoms with E-state index in [1.165, 1.54) is 0 Å². The van der Waals surface area contributed by atoms with Gasteiger partial charge in [0.2, 0.25) is 11.9 Å². The largest absolute Gasteiger partial charge is 0.462 e. The summed E-state index contributed by atoms with van der Waals surface area (Å²) < 4.78 is 10.4. The number of esters is 1. The molecular weight excluding hydrogens is 400 g/mol. The molecule has 31 heavy (non-hydrogen) atoms. The van der Waals surface area contributed by atoms with Crippen molar-refractivity contribution in [2.75, 3.05) is 6.61 Å². The molecule has 2 rings (SSSR count). The first-order valence-electron chi connectivity index (χ1n) is 10.7. The maximum absolute atomic E-state index is 12.8. The summed E-state index contributed by atoms with van der Waals surface area (Å²) in [6.07, 6.45) is 0.321. The van der Waals surface area contributed by atoms with Crippen LogP contribution in [-0.2, 0) is 23.9 Å². The second-order valence-electron chi connectivity index (χ2n) is 8.21. The summed E-state index contributed by atoms with van der Waals surface area (Å²) in [5, 5.41) is 5.15. The second-order valence-corrected chi connectivity index (χ2v) is 8.21. The van der Waals surface area contributed by atoms with Crippen LogP contribution < -0.4 is 10.6 Å². The monoisotopic (exact) mass is 432 g/mol. The van der Waals surface area contributed by atoms with Gasteiger partial charge in [0.05, 0.1) is 6.04 Å². The third kappa shape index (κ3) is 6.29. The van der Waals surface area contributed by atoms with E-state index in [9.17, 15) is 19.2 Å². The summed E-state index contributed by atoms with van der Waals surface area (Å²) >= 11 is 0. The fourth-order valence-electron chi connectivity index (χ4n) is 3.36. The maximum atomic E-state index is 12.8. The molecule has 0 radical (unpaired) electrons. The predicted molar refractivity (Wildman–Crippen MR) is 114 cm³/mol. The van der Waals surface area contributed by atoms with Crippen molar-refractivity contribution in [1.29, 1.82) is 0 Å². The van der Waals surface area contributed by atoms with E-state index in [1.807, 2.05) is 44.2 Å². The highest BCUT2D eigenvalue weighted by Crippen LogP contribution is 2.34. The molecule has 1 aliphatic rings. The number of hydrogen-bond acceptors (Lipinski definition) is 6. The number of alkyl carbamates (subject to hydrolysis) is 1. The molecule has 0 aliphatic carbocycles. The molecule has 1 aromatic rings. The lowest BCUT2D eigenvalue weighted by Crippen LogP contribution is -2.49. The van der Waals surface area contributed by atoms with Gasteiger partial charge in [-0.05, 0) is 25.3 Å². The zero-order chi connectivity index (χ0) is 23.0. The third-order valence-corrected chi connectivity index (χ3v) is 5.75. The fourth-order valence-corrected chi connectivity index (χ4v) is 3.36. The highest BCUT2D eigenvalue weighted by Gasteiger charge is 2.49. The molecule has 1 aromatic carbocycles. The molecule has 4 atom stereocenters. The number of Topliss-reactive ketones (excluding diaryl/α,β-unsaturated/α-hetero) is 1. The van der Waals surface area contributed by atoms with Crippen molar-refractivity contribution < 1.29 is 28.7 Å². The van der Waals surface area contributed by atoms with Crippen LogP contribution in [0.4, 0.5) is 4.79 Å². The Morgan fingerprint density at radius 3 is 2.48 bits per heavy atom. The highest BCUT2D eigenvalue weighted by molar-refractivity contribution is 6.38. The summed E-state index contributed by atoms with van der Waals surface area (Å²) in [5.74, 6) is -2.14. The maximum Gasteiger partial charge on any atom is 0.408 e. The van der Waals surface area contributed by atoms with Crippen LogP contribution in [-0.4, -0.2) is 42.5 Å². The van der Waals surface area contributed by atoms with Gasteiger partial charge in [-0.1, -0.05) is 63.9 Å². The number of ether oxygens (including phenoxy) is 2. The Kier molecular flexibility index (Phi) is 8.59. The van der Waals surface area contributed by atoms with Crippen LogP contribution in [0.15, 0.2) is 30.3 Å². The lowest BCUT2D eigenvalue weighted by atomic mass is 9.84. The number of carbonyl (C=O) groups is 4. The minimum atomic E-state index is -1.05. The summed E-state index contributed by atoms with van der Waals surface area (Å²) in [7, 11) is 0. The van der Waals surface area contributed by atoms with Gasteiger partial charge < -0.3 is 20.1 Å². The molecule has 170 valence electrons. The normalized spacial score (nSPS) is 22.2. The summed E-state index contributed by atoms with van der Waals surface area (Å²) in [6, 6.07) is 7.86. The lowest BCUT2D eigenvalue weighted by Gasteiger charge is -2.26. The molecular formula is C23H32N2O6.